The van der Waals surface area contributed by atoms with Gasteiger partial charge in [0.15, 0.2) is 5.69 Å². The van der Waals surface area contributed by atoms with Crippen molar-refractivity contribution in [3.8, 4) is 17.4 Å². The molecule has 0 fully saturated rings. The van der Waals surface area contributed by atoms with Crippen LogP contribution < -0.4 is 9.47 Å². The highest BCUT2D eigenvalue weighted by molar-refractivity contribution is 5.50. The summed E-state index contributed by atoms with van der Waals surface area (Å²) in [6.07, 6.45) is -12.3. The zero-order valence-corrected chi connectivity index (χ0v) is 14.2. The van der Waals surface area contributed by atoms with Gasteiger partial charge in [-0.15, -0.1) is 5.10 Å². The van der Waals surface area contributed by atoms with Crippen LogP contribution >= 0.6 is 0 Å². The first kappa shape index (κ1) is 22.6. The van der Waals surface area contributed by atoms with Gasteiger partial charge in [0, 0.05) is 6.07 Å². The number of methoxy groups -OCH3 is 1. The summed E-state index contributed by atoms with van der Waals surface area (Å²) in [5, 5.41) is 7.31. The molecule has 0 spiro atoms. The van der Waals surface area contributed by atoms with Gasteiger partial charge in [-0.25, -0.2) is 0 Å². The van der Waals surface area contributed by atoms with Crippen LogP contribution in [0.2, 0.25) is 0 Å². The molecule has 0 aromatic carbocycles. The molecule has 0 saturated heterocycles. The van der Waals surface area contributed by atoms with Gasteiger partial charge in [-0.2, -0.15) is 53.7 Å². The molecule has 1 N–H and O–H groups in total. The summed E-state index contributed by atoms with van der Waals surface area (Å²) in [7, 11) is 0.741. The second kappa shape index (κ2) is 6.98. The van der Waals surface area contributed by atoms with Gasteiger partial charge in [-0.05, 0) is 6.92 Å². The molecule has 2 aromatic heterocycles. The van der Waals surface area contributed by atoms with E-state index in [1.165, 1.54) is 12.0 Å². The molecule has 0 amide bonds. The fourth-order valence-corrected chi connectivity index (χ4v) is 2.08. The minimum Gasteiger partial charge on any atom is -0.481 e. The number of nitrogens with one attached hydrogen (secondary N) is 1. The van der Waals surface area contributed by atoms with E-state index in [0.717, 1.165) is 7.11 Å². The Kier molecular flexibility index (Phi) is 5.44. The number of aromatic amines is 1. The van der Waals surface area contributed by atoms with E-state index >= 15 is 0 Å². The van der Waals surface area contributed by atoms with E-state index in [4.69, 9.17) is 4.74 Å². The van der Waals surface area contributed by atoms with Crippen LogP contribution in [0.4, 0.5) is 43.9 Å². The highest BCUT2D eigenvalue weighted by atomic mass is 19.4. The molecule has 16 heteroatoms. The van der Waals surface area contributed by atoms with Crippen LogP contribution in [-0.4, -0.2) is 46.0 Å². The predicted molar refractivity (Wildman–Crippen MR) is 73.3 cm³/mol. The number of halogens is 10. The van der Waals surface area contributed by atoms with Crippen molar-refractivity contribution in [1.29, 1.82) is 0 Å². The molecule has 0 aliphatic carbocycles. The molecular weight excluding hydrogens is 434 g/mol. The minimum atomic E-state index is -6.17. The summed E-state index contributed by atoms with van der Waals surface area (Å²) in [4.78, 5) is 0. The van der Waals surface area contributed by atoms with Crippen LogP contribution in [0, 0.1) is 0 Å². The molecule has 6 nitrogen and oxygen atoms in total. The fraction of sp³-hybridized carbons (Fsp3) is 0.538. The zero-order chi connectivity index (χ0) is 22.4. The molecule has 0 atom stereocenters. The van der Waals surface area contributed by atoms with E-state index in [9.17, 15) is 43.9 Å². The van der Waals surface area contributed by atoms with E-state index < -0.39 is 53.0 Å². The van der Waals surface area contributed by atoms with Crippen molar-refractivity contribution < 1.29 is 53.4 Å². The Morgan fingerprint density at radius 3 is 1.97 bits per heavy atom. The molecular formula is C13H10F10N4O2. The largest absolute Gasteiger partial charge is 0.481 e. The smallest absolute Gasteiger partial charge is 0.459 e. The van der Waals surface area contributed by atoms with Gasteiger partial charge in [-0.1, -0.05) is 0 Å². The molecule has 0 aliphatic rings. The predicted octanol–water partition coefficient (Wildman–Crippen LogP) is 4.31. The first-order valence-electron chi connectivity index (χ1n) is 7.35. The van der Waals surface area contributed by atoms with Crippen molar-refractivity contribution in [2.75, 3.05) is 13.7 Å². The number of ether oxygens (including phenoxy) is 2. The van der Waals surface area contributed by atoms with Crippen LogP contribution in [0.15, 0.2) is 6.07 Å². The Bertz CT molecular complexity index is 868. The van der Waals surface area contributed by atoms with E-state index in [0.29, 0.717) is 0 Å². The van der Waals surface area contributed by atoms with E-state index in [1.54, 1.807) is 0 Å². The highest BCUT2D eigenvalue weighted by Crippen LogP contribution is 2.48. The molecule has 164 valence electrons. The third-order valence-corrected chi connectivity index (χ3v) is 3.44. The summed E-state index contributed by atoms with van der Waals surface area (Å²) >= 11 is 0. The molecule has 0 saturated carbocycles. The van der Waals surface area contributed by atoms with E-state index in [2.05, 4.69) is 14.9 Å². The Morgan fingerprint density at radius 2 is 1.52 bits per heavy atom. The standard InChI is InChI=1S/C13H10F10N4O2/c1-3-29-9-7(8(24-25-9)11(16,17)13(21,22)23)27-6(28-2)4-5(26-27)10(14,15)12(18,19)20/h4H,3H2,1-2H3,(H,24,25). The lowest BCUT2D eigenvalue weighted by Gasteiger charge is -2.20. The van der Waals surface area contributed by atoms with Crippen molar-refractivity contribution in [3.05, 3.63) is 17.5 Å². The van der Waals surface area contributed by atoms with Crippen molar-refractivity contribution >= 4 is 0 Å². The van der Waals surface area contributed by atoms with Crippen molar-refractivity contribution in [3.63, 3.8) is 0 Å². The number of alkyl halides is 10. The van der Waals surface area contributed by atoms with Gasteiger partial charge in [0.1, 0.15) is 11.4 Å². The number of hydrogen-bond donors (Lipinski definition) is 1. The monoisotopic (exact) mass is 444 g/mol. The second-order valence-corrected chi connectivity index (χ2v) is 5.31. The third-order valence-electron chi connectivity index (χ3n) is 3.44. The average molecular weight is 444 g/mol. The van der Waals surface area contributed by atoms with Gasteiger partial charge in [0.2, 0.25) is 5.88 Å². The lowest BCUT2D eigenvalue weighted by Crippen LogP contribution is -2.35. The molecule has 0 radical (unpaired) electrons. The van der Waals surface area contributed by atoms with Crippen LogP contribution in [-0.2, 0) is 11.8 Å². The maximum atomic E-state index is 13.9. The van der Waals surface area contributed by atoms with Crippen LogP contribution in [0.5, 0.6) is 11.8 Å². The zero-order valence-electron chi connectivity index (χ0n) is 14.2. The Morgan fingerprint density at radius 1 is 0.966 bits per heavy atom. The normalized spacial score (nSPS) is 13.7. The van der Waals surface area contributed by atoms with E-state index in [-0.39, 0.29) is 17.4 Å². The molecule has 2 aromatic rings. The van der Waals surface area contributed by atoms with Crippen LogP contribution in [0.3, 0.4) is 0 Å². The Balaban J connectivity index is 2.79. The first-order chi connectivity index (χ1) is 13.1. The van der Waals surface area contributed by atoms with Gasteiger partial charge >= 0.3 is 24.2 Å². The first-order valence-corrected chi connectivity index (χ1v) is 7.35. The minimum absolute atomic E-state index is 0.0335. The summed E-state index contributed by atoms with van der Waals surface area (Å²) in [6, 6.07) is 0.0335. The lowest BCUT2D eigenvalue weighted by atomic mass is 10.2. The molecule has 2 rings (SSSR count). The van der Waals surface area contributed by atoms with Gasteiger partial charge < -0.3 is 9.47 Å². The van der Waals surface area contributed by atoms with Crippen molar-refractivity contribution in [1.82, 2.24) is 20.0 Å². The number of nitrogens with zero attached hydrogens (tertiary/aromatic N) is 3. The van der Waals surface area contributed by atoms with Crippen LogP contribution in [0.25, 0.3) is 5.69 Å². The molecule has 0 unspecified atom stereocenters. The van der Waals surface area contributed by atoms with Crippen molar-refractivity contribution in [2.24, 2.45) is 0 Å². The number of hydrogen-bond acceptors (Lipinski definition) is 4. The van der Waals surface area contributed by atoms with Gasteiger partial charge in [-0.3, -0.25) is 5.10 Å². The maximum absolute atomic E-state index is 13.9. The highest BCUT2D eigenvalue weighted by Gasteiger charge is 2.63. The quantitative estimate of drug-likeness (QED) is 0.675. The SMILES string of the molecule is CCOc1n[nH]c(C(F)(F)C(F)(F)F)c1-n1nc(C(F)(F)C(F)(F)F)cc1OC. The number of H-pyrrole nitrogens is 1. The fourth-order valence-electron chi connectivity index (χ4n) is 2.08. The molecule has 29 heavy (non-hydrogen) atoms. The molecule has 0 bridgehead atoms. The van der Waals surface area contributed by atoms with Gasteiger partial charge in [0.05, 0.1) is 13.7 Å². The lowest BCUT2D eigenvalue weighted by molar-refractivity contribution is -0.291. The summed E-state index contributed by atoms with van der Waals surface area (Å²) in [5.74, 6) is -13.2. The Hall–Kier alpha value is -2.68. The van der Waals surface area contributed by atoms with Crippen LogP contribution in [0.1, 0.15) is 18.3 Å². The maximum Gasteiger partial charge on any atom is 0.459 e. The van der Waals surface area contributed by atoms with Crippen molar-refractivity contribution in [2.45, 2.75) is 31.1 Å². The summed E-state index contributed by atoms with van der Waals surface area (Å²) in [5.41, 5.74) is -5.36. The summed E-state index contributed by atoms with van der Waals surface area (Å²) < 4.78 is 140. The topological polar surface area (TPSA) is 65.0 Å². The third kappa shape index (κ3) is 3.66. The van der Waals surface area contributed by atoms with Gasteiger partial charge in [0.25, 0.3) is 5.88 Å². The molecule has 0 aliphatic heterocycles. The summed E-state index contributed by atoms with van der Waals surface area (Å²) in [6.45, 7) is 0.952. The second-order valence-electron chi connectivity index (χ2n) is 5.31. The average Bonchev–Trinajstić information content (AvgIpc) is 3.16. The van der Waals surface area contributed by atoms with E-state index in [1.807, 2.05) is 0 Å². The molecule has 2 heterocycles. The number of aromatic nitrogens is 4. The number of rotatable bonds is 6. The Labute approximate surface area is 154 Å².